The van der Waals surface area contributed by atoms with Crippen LogP contribution in [0.15, 0.2) is 0 Å². The molecule has 0 rings (SSSR count). The van der Waals surface area contributed by atoms with Gasteiger partial charge in [-0.25, -0.2) is 8.42 Å². The van der Waals surface area contributed by atoms with Gasteiger partial charge in [0.2, 0.25) is 10.0 Å². The highest BCUT2D eigenvalue weighted by atomic mass is 32.2. The van der Waals surface area contributed by atoms with Gasteiger partial charge in [0, 0.05) is 5.54 Å². The van der Waals surface area contributed by atoms with Gasteiger partial charge in [-0.15, -0.1) is 4.72 Å². The third-order valence-corrected chi connectivity index (χ3v) is 2.33. The van der Waals surface area contributed by atoms with Gasteiger partial charge in [-0.2, -0.15) is 0 Å². The lowest BCUT2D eigenvalue weighted by atomic mass is 10.1. The van der Waals surface area contributed by atoms with Gasteiger partial charge in [-0.1, -0.05) is 0 Å². The predicted molar refractivity (Wildman–Crippen MR) is 41.3 cm³/mol. The van der Waals surface area contributed by atoms with Crippen LogP contribution < -0.4 is 4.72 Å². The molecule has 3 nitrogen and oxygen atoms in total. The average Bonchev–Trinajstić information content (AvgIpc) is 1.60. The van der Waals surface area contributed by atoms with E-state index in [0.29, 0.717) is 0 Å². The summed E-state index contributed by atoms with van der Waals surface area (Å²) in [7, 11) is -3.15. The first kappa shape index (κ1) is 9.91. The fourth-order valence-electron chi connectivity index (χ4n) is 0.482. The second kappa shape index (κ2) is 2.88. The maximum Gasteiger partial charge on any atom is 0.228 e. The average molecular weight is 164 g/mol. The Bertz CT molecular complexity index is 188. The maximum absolute atomic E-state index is 10.8. The van der Waals surface area contributed by atoms with Crippen molar-refractivity contribution >= 4 is 10.0 Å². The molecule has 1 radical (unpaired) electrons. The molecular weight excluding hydrogens is 150 g/mol. The lowest BCUT2D eigenvalue weighted by molar-refractivity contribution is 0.485. The molecule has 4 heteroatoms. The summed E-state index contributed by atoms with van der Waals surface area (Å²) in [4.78, 5) is 0. The Kier molecular flexibility index (Phi) is 2.86. The summed E-state index contributed by atoms with van der Waals surface area (Å²) < 4.78 is 25.3. The molecule has 0 N–H and O–H groups in total. The Labute approximate surface area is 62.9 Å². The van der Waals surface area contributed by atoms with Crippen molar-refractivity contribution in [2.45, 2.75) is 33.2 Å². The molecule has 0 aliphatic carbocycles. The Hall–Kier alpha value is -0.0900. The summed E-state index contributed by atoms with van der Waals surface area (Å²) in [6, 6.07) is 0. The minimum absolute atomic E-state index is 0.0876. The molecule has 0 heterocycles. The highest BCUT2D eigenvalue weighted by molar-refractivity contribution is 7.89. The van der Waals surface area contributed by atoms with E-state index in [1.807, 2.05) is 0 Å². The number of rotatable bonds is 2. The van der Waals surface area contributed by atoms with Crippen molar-refractivity contribution in [2.75, 3.05) is 5.75 Å². The van der Waals surface area contributed by atoms with Gasteiger partial charge in [0.05, 0.1) is 5.75 Å². The predicted octanol–water partition coefficient (Wildman–Crippen LogP) is 0.739. The summed E-state index contributed by atoms with van der Waals surface area (Å²) in [5, 5.41) is 0. The lowest BCUT2D eigenvalue weighted by Crippen LogP contribution is -2.34. The summed E-state index contributed by atoms with van der Waals surface area (Å²) in [5.41, 5.74) is -0.477. The third-order valence-electron chi connectivity index (χ3n) is 0.778. The second-order valence-electron chi connectivity index (χ2n) is 3.13. The van der Waals surface area contributed by atoms with Gasteiger partial charge in [-0.05, 0) is 27.7 Å². The zero-order valence-corrected chi connectivity index (χ0v) is 7.70. The molecule has 0 aromatic rings. The monoisotopic (exact) mass is 164 g/mol. The summed E-state index contributed by atoms with van der Waals surface area (Å²) in [5.74, 6) is 0.0876. The zero-order valence-electron chi connectivity index (χ0n) is 6.88. The molecule has 61 valence electrons. The van der Waals surface area contributed by atoms with Gasteiger partial charge in [0.15, 0.2) is 0 Å². The molecule has 0 unspecified atom stereocenters. The van der Waals surface area contributed by atoms with Crippen LogP contribution in [-0.2, 0) is 10.0 Å². The van der Waals surface area contributed by atoms with Gasteiger partial charge in [0.1, 0.15) is 0 Å². The van der Waals surface area contributed by atoms with Gasteiger partial charge < -0.3 is 0 Å². The normalized spacial score (nSPS) is 13.6. The minimum Gasteiger partial charge on any atom is -0.211 e. The second-order valence-corrected chi connectivity index (χ2v) is 5.06. The SMILES string of the molecule is CCS(=O)(=O)[N]C(C)(C)C. The van der Waals surface area contributed by atoms with Crippen molar-refractivity contribution in [1.82, 2.24) is 4.72 Å². The standard InChI is InChI=1S/C6H14NO2S/c1-5-10(8,9)7-6(2,3)4/h5H2,1-4H3. The van der Waals surface area contributed by atoms with Crippen LogP contribution in [0.2, 0.25) is 0 Å². The molecule has 0 aliphatic heterocycles. The van der Waals surface area contributed by atoms with Crippen LogP contribution in [0.3, 0.4) is 0 Å². The summed E-state index contributed by atoms with van der Waals surface area (Å²) >= 11 is 0. The highest BCUT2D eigenvalue weighted by Crippen LogP contribution is 2.04. The maximum atomic E-state index is 10.8. The van der Waals surface area contributed by atoms with Gasteiger partial charge in [-0.3, -0.25) is 0 Å². The molecule has 0 spiro atoms. The van der Waals surface area contributed by atoms with Crippen molar-refractivity contribution in [3.63, 3.8) is 0 Å². The first-order chi connectivity index (χ1) is 4.27. The van der Waals surface area contributed by atoms with Crippen molar-refractivity contribution in [3.8, 4) is 0 Å². The fraction of sp³-hybridized carbons (Fsp3) is 1.00. The Morgan fingerprint density at radius 2 is 1.70 bits per heavy atom. The van der Waals surface area contributed by atoms with Crippen molar-refractivity contribution in [2.24, 2.45) is 0 Å². The van der Waals surface area contributed by atoms with Gasteiger partial charge in [0.25, 0.3) is 0 Å². The Morgan fingerprint density at radius 3 is 1.80 bits per heavy atom. The van der Waals surface area contributed by atoms with Crippen LogP contribution in [0.4, 0.5) is 0 Å². The van der Waals surface area contributed by atoms with Crippen molar-refractivity contribution in [3.05, 3.63) is 0 Å². The first-order valence-corrected chi connectivity index (χ1v) is 4.84. The van der Waals surface area contributed by atoms with Crippen LogP contribution in [0.1, 0.15) is 27.7 Å². The van der Waals surface area contributed by atoms with Crippen LogP contribution in [-0.4, -0.2) is 19.7 Å². The largest absolute Gasteiger partial charge is 0.228 e. The highest BCUT2D eigenvalue weighted by Gasteiger charge is 2.19. The molecular formula is C6H14NO2S. The van der Waals surface area contributed by atoms with Crippen molar-refractivity contribution in [1.29, 1.82) is 0 Å². The molecule has 0 saturated carbocycles. The number of hydrogen-bond donors (Lipinski definition) is 0. The van der Waals surface area contributed by atoms with E-state index < -0.39 is 15.6 Å². The van der Waals surface area contributed by atoms with E-state index in [9.17, 15) is 8.42 Å². The van der Waals surface area contributed by atoms with E-state index in [1.165, 1.54) is 0 Å². The molecule has 0 amide bonds. The van der Waals surface area contributed by atoms with E-state index >= 15 is 0 Å². The topological polar surface area (TPSA) is 48.2 Å². The summed E-state index contributed by atoms with van der Waals surface area (Å²) in [6.07, 6.45) is 0. The smallest absolute Gasteiger partial charge is 0.211 e. The Morgan fingerprint density at radius 1 is 1.30 bits per heavy atom. The van der Waals surface area contributed by atoms with Crippen LogP contribution in [0, 0.1) is 0 Å². The van der Waals surface area contributed by atoms with Crippen LogP contribution in [0.25, 0.3) is 0 Å². The van der Waals surface area contributed by atoms with Crippen molar-refractivity contribution < 1.29 is 8.42 Å². The lowest BCUT2D eigenvalue weighted by Gasteiger charge is -2.16. The van der Waals surface area contributed by atoms with Gasteiger partial charge >= 0.3 is 0 Å². The van der Waals surface area contributed by atoms with E-state index in [1.54, 1.807) is 27.7 Å². The van der Waals surface area contributed by atoms with E-state index in [2.05, 4.69) is 4.72 Å². The number of nitrogens with zero attached hydrogens (tertiary/aromatic N) is 1. The molecule has 0 atom stereocenters. The molecule has 0 saturated heterocycles. The van der Waals surface area contributed by atoms with E-state index in [4.69, 9.17) is 0 Å². The molecule has 0 fully saturated rings. The van der Waals surface area contributed by atoms with Crippen LogP contribution >= 0.6 is 0 Å². The third kappa shape index (κ3) is 4.76. The molecule has 0 bridgehead atoms. The quantitative estimate of drug-likeness (QED) is 0.604. The molecule has 10 heavy (non-hydrogen) atoms. The molecule has 0 aromatic heterocycles. The molecule has 0 aliphatic rings. The fourth-order valence-corrected chi connectivity index (χ4v) is 1.45. The summed E-state index contributed by atoms with van der Waals surface area (Å²) in [6.45, 7) is 6.88. The van der Waals surface area contributed by atoms with Crippen LogP contribution in [0.5, 0.6) is 0 Å². The Balaban J connectivity index is 4.18. The number of sulfonamides is 1. The minimum atomic E-state index is -3.15. The molecule has 0 aromatic carbocycles. The number of hydrogen-bond acceptors (Lipinski definition) is 2. The zero-order chi connectivity index (χ0) is 8.41. The van der Waals surface area contributed by atoms with E-state index in [-0.39, 0.29) is 5.75 Å². The first-order valence-electron chi connectivity index (χ1n) is 3.24. The van der Waals surface area contributed by atoms with E-state index in [0.717, 1.165) is 0 Å².